The zero-order valence-corrected chi connectivity index (χ0v) is 13.1. The zero-order valence-electron chi connectivity index (χ0n) is 13.1. The summed E-state index contributed by atoms with van der Waals surface area (Å²) in [7, 11) is 0. The predicted octanol–water partition coefficient (Wildman–Crippen LogP) is 2.87. The van der Waals surface area contributed by atoms with E-state index in [4.69, 9.17) is 0 Å². The molecule has 1 aromatic carbocycles. The number of aliphatic hydroxyl groups excluding tert-OH is 1. The summed E-state index contributed by atoms with van der Waals surface area (Å²) >= 11 is 0. The van der Waals surface area contributed by atoms with Crippen molar-refractivity contribution in [3.05, 3.63) is 48.7 Å². The third-order valence-electron chi connectivity index (χ3n) is 5.60. The maximum Gasteiger partial charge on any atom is 0.116 e. The van der Waals surface area contributed by atoms with Crippen LogP contribution in [0.15, 0.2) is 43.1 Å². The first kappa shape index (κ1) is 14.7. The molecule has 4 nitrogen and oxygen atoms in total. The minimum Gasteiger partial charge on any atom is -0.508 e. The highest BCUT2D eigenvalue weighted by Crippen LogP contribution is 2.42. The fourth-order valence-corrected chi connectivity index (χ4v) is 4.33. The van der Waals surface area contributed by atoms with Gasteiger partial charge in [0.2, 0.25) is 0 Å². The summed E-state index contributed by atoms with van der Waals surface area (Å²) in [4.78, 5) is 6.73. The van der Waals surface area contributed by atoms with Crippen LogP contribution in [0.2, 0.25) is 0 Å². The molecule has 0 amide bonds. The molecule has 4 heteroatoms. The van der Waals surface area contributed by atoms with Crippen molar-refractivity contribution in [2.75, 3.05) is 13.1 Å². The second-order valence-corrected chi connectivity index (χ2v) is 6.79. The molecule has 3 aliphatic rings. The Kier molecular flexibility index (Phi) is 3.58. The first-order valence-electron chi connectivity index (χ1n) is 8.29. The Hall–Kier alpha value is -1.91. The van der Waals surface area contributed by atoms with Gasteiger partial charge in [-0.3, -0.25) is 9.88 Å². The first-order valence-corrected chi connectivity index (χ1v) is 8.29. The number of phenolic OH excluding ortho intramolecular Hbond substituents is 1. The van der Waals surface area contributed by atoms with Gasteiger partial charge in [-0.15, -0.1) is 6.58 Å². The summed E-state index contributed by atoms with van der Waals surface area (Å²) in [6.07, 6.45) is 5.44. The second-order valence-electron chi connectivity index (χ2n) is 6.79. The SMILES string of the molecule is C=C[C@@H]1CN2CC[C@H]1C[C@H]2[C@@H](O)c1ccnc2ccc(O)cc12. The molecule has 2 bridgehead atoms. The molecule has 0 saturated carbocycles. The molecule has 0 spiro atoms. The molecule has 23 heavy (non-hydrogen) atoms. The smallest absolute Gasteiger partial charge is 0.116 e. The fraction of sp³-hybridized carbons (Fsp3) is 0.421. The summed E-state index contributed by atoms with van der Waals surface area (Å²) < 4.78 is 0. The van der Waals surface area contributed by atoms with Gasteiger partial charge in [-0.1, -0.05) is 6.08 Å². The van der Waals surface area contributed by atoms with E-state index < -0.39 is 6.10 Å². The Morgan fingerprint density at radius 1 is 1.35 bits per heavy atom. The van der Waals surface area contributed by atoms with Gasteiger partial charge in [-0.2, -0.15) is 0 Å². The van der Waals surface area contributed by atoms with Crippen molar-refractivity contribution in [2.45, 2.75) is 25.0 Å². The van der Waals surface area contributed by atoms with Gasteiger partial charge >= 0.3 is 0 Å². The van der Waals surface area contributed by atoms with E-state index in [1.165, 1.54) is 6.42 Å². The van der Waals surface area contributed by atoms with Crippen LogP contribution in [0.3, 0.4) is 0 Å². The molecule has 1 aromatic heterocycles. The minimum atomic E-state index is -0.559. The Morgan fingerprint density at radius 2 is 2.22 bits per heavy atom. The molecule has 120 valence electrons. The lowest BCUT2D eigenvalue weighted by molar-refractivity contribution is -0.0444. The summed E-state index contributed by atoms with van der Waals surface area (Å²) in [5, 5.41) is 21.7. The van der Waals surface area contributed by atoms with Gasteiger partial charge in [-0.25, -0.2) is 0 Å². The summed E-state index contributed by atoms with van der Waals surface area (Å²) in [6.45, 7) is 5.99. The monoisotopic (exact) mass is 310 g/mol. The molecule has 5 rings (SSSR count). The second kappa shape index (κ2) is 5.62. The van der Waals surface area contributed by atoms with Crippen LogP contribution in [-0.4, -0.2) is 39.2 Å². The molecular weight excluding hydrogens is 288 g/mol. The Balaban J connectivity index is 1.69. The Bertz CT molecular complexity index is 745. The van der Waals surface area contributed by atoms with E-state index >= 15 is 0 Å². The van der Waals surface area contributed by atoms with Crippen LogP contribution in [0, 0.1) is 11.8 Å². The number of aromatic nitrogens is 1. The number of aromatic hydroxyl groups is 1. The number of hydrogen-bond acceptors (Lipinski definition) is 4. The van der Waals surface area contributed by atoms with Crippen LogP contribution in [0.25, 0.3) is 10.9 Å². The molecule has 5 atom stereocenters. The van der Waals surface area contributed by atoms with E-state index in [1.54, 1.807) is 24.4 Å². The van der Waals surface area contributed by atoms with Crippen LogP contribution in [0.1, 0.15) is 24.5 Å². The van der Waals surface area contributed by atoms with Gasteiger partial charge in [0.25, 0.3) is 0 Å². The molecule has 2 aromatic rings. The maximum atomic E-state index is 11.0. The zero-order chi connectivity index (χ0) is 16.0. The van der Waals surface area contributed by atoms with Crippen LogP contribution >= 0.6 is 0 Å². The number of hydrogen-bond donors (Lipinski definition) is 2. The number of fused-ring (bicyclic) bond motifs is 4. The highest BCUT2D eigenvalue weighted by molar-refractivity contribution is 5.83. The van der Waals surface area contributed by atoms with Crippen molar-refractivity contribution in [3.63, 3.8) is 0 Å². The Morgan fingerprint density at radius 3 is 2.96 bits per heavy atom. The number of aliphatic hydroxyl groups is 1. The van der Waals surface area contributed by atoms with E-state index in [0.29, 0.717) is 11.8 Å². The van der Waals surface area contributed by atoms with Crippen LogP contribution in [0.4, 0.5) is 0 Å². The van der Waals surface area contributed by atoms with Crippen molar-refractivity contribution in [1.82, 2.24) is 9.88 Å². The molecule has 2 N–H and O–H groups in total. The van der Waals surface area contributed by atoms with Crippen molar-refractivity contribution >= 4 is 10.9 Å². The number of piperidine rings is 3. The number of phenols is 1. The predicted molar refractivity (Wildman–Crippen MR) is 90.1 cm³/mol. The third-order valence-corrected chi connectivity index (χ3v) is 5.60. The lowest BCUT2D eigenvalue weighted by atomic mass is 9.73. The van der Waals surface area contributed by atoms with Crippen molar-refractivity contribution in [3.8, 4) is 5.75 Å². The van der Waals surface area contributed by atoms with E-state index in [0.717, 1.165) is 36.0 Å². The van der Waals surface area contributed by atoms with Crippen LogP contribution in [0.5, 0.6) is 5.75 Å². The quantitative estimate of drug-likeness (QED) is 0.856. The van der Waals surface area contributed by atoms with Gasteiger partial charge in [0.1, 0.15) is 5.75 Å². The molecular formula is C19H22N2O2. The molecule has 3 aliphatic heterocycles. The molecule has 3 fully saturated rings. The number of benzene rings is 1. The topological polar surface area (TPSA) is 56.6 Å². The number of rotatable bonds is 3. The molecule has 4 heterocycles. The first-order chi connectivity index (χ1) is 11.2. The minimum absolute atomic E-state index is 0.137. The molecule has 0 aliphatic carbocycles. The van der Waals surface area contributed by atoms with Crippen molar-refractivity contribution < 1.29 is 10.2 Å². The Labute approximate surface area is 136 Å². The lowest BCUT2D eigenvalue weighted by Crippen LogP contribution is -2.54. The molecule has 3 saturated heterocycles. The van der Waals surface area contributed by atoms with Crippen molar-refractivity contribution in [1.29, 1.82) is 0 Å². The largest absolute Gasteiger partial charge is 0.508 e. The normalized spacial score (nSPS) is 31.2. The third kappa shape index (κ3) is 2.42. The number of pyridine rings is 1. The van der Waals surface area contributed by atoms with Gasteiger partial charge in [-0.05, 0) is 61.1 Å². The lowest BCUT2D eigenvalue weighted by Gasteiger charge is -2.50. The summed E-state index contributed by atoms with van der Waals surface area (Å²) in [5.74, 6) is 1.38. The highest BCUT2D eigenvalue weighted by atomic mass is 16.3. The summed E-state index contributed by atoms with van der Waals surface area (Å²) in [6, 6.07) is 7.14. The van der Waals surface area contributed by atoms with Gasteiger partial charge < -0.3 is 10.2 Å². The molecule has 1 unspecified atom stereocenters. The summed E-state index contributed by atoms with van der Waals surface area (Å²) in [5.41, 5.74) is 1.66. The average molecular weight is 310 g/mol. The fourth-order valence-electron chi connectivity index (χ4n) is 4.33. The van der Waals surface area contributed by atoms with Gasteiger partial charge in [0.05, 0.1) is 11.6 Å². The van der Waals surface area contributed by atoms with E-state index in [-0.39, 0.29) is 11.8 Å². The van der Waals surface area contributed by atoms with E-state index in [1.807, 2.05) is 6.07 Å². The van der Waals surface area contributed by atoms with Crippen LogP contribution in [-0.2, 0) is 0 Å². The molecule has 0 radical (unpaired) electrons. The van der Waals surface area contributed by atoms with E-state index in [9.17, 15) is 10.2 Å². The van der Waals surface area contributed by atoms with Gasteiger partial charge in [0.15, 0.2) is 0 Å². The van der Waals surface area contributed by atoms with Gasteiger partial charge in [0, 0.05) is 24.2 Å². The highest BCUT2D eigenvalue weighted by Gasteiger charge is 2.42. The van der Waals surface area contributed by atoms with Crippen LogP contribution < -0.4 is 0 Å². The van der Waals surface area contributed by atoms with E-state index in [2.05, 4.69) is 22.5 Å². The average Bonchev–Trinajstić information content (AvgIpc) is 2.60. The number of nitrogens with zero attached hydrogens (tertiary/aromatic N) is 2. The van der Waals surface area contributed by atoms with Crippen molar-refractivity contribution in [2.24, 2.45) is 11.8 Å². The maximum absolute atomic E-state index is 11.0. The standard InChI is InChI=1S/C19H22N2O2/c1-2-12-11-21-8-6-13(12)9-18(21)19(23)15-5-7-20-17-4-3-14(22)10-16(15)17/h2-5,7,10,12-13,18-19,22-23H,1,6,8-9,11H2/t12-,13+,18+,19+/m1/s1.